The molecule has 0 aromatic rings. The van der Waals surface area contributed by atoms with Crippen LogP contribution in [0.5, 0.6) is 0 Å². The molecule has 2 aliphatic rings. The molecule has 1 atom stereocenters. The normalized spacial score (nSPS) is 32.0. The predicted molar refractivity (Wildman–Crippen MR) is 65.0 cm³/mol. The zero-order valence-electron chi connectivity index (χ0n) is 10.3. The zero-order valence-corrected chi connectivity index (χ0v) is 10.3. The molecule has 1 unspecified atom stereocenters. The van der Waals surface area contributed by atoms with Crippen molar-refractivity contribution in [3.8, 4) is 0 Å². The standard InChI is InChI=1S/C13H26N2/c1-13(2)6-3-11(4-7-13)9-15-12-5-8-14-10-12/h11-12,14-15H,3-10H2,1-2H3. The van der Waals surface area contributed by atoms with Crippen molar-refractivity contribution in [3.05, 3.63) is 0 Å². The van der Waals surface area contributed by atoms with Crippen LogP contribution in [0.25, 0.3) is 0 Å². The van der Waals surface area contributed by atoms with E-state index in [4.69, 9.17) is 0 Å². The number of hydrogen-bond acceptors (Lipinski definition) is 2. The molecule has 0 spiro atoms. The van der Waals surface area contributed by atoms with Crippen LogP contribution in [0.4, 0.5) is 0 Å². The summed E-state index contributed by atoms with van der Waals surface area (Å²) in [6.45, 7) is 8.46. The molecule has 0 aromatic carbocycles. The van der Waals surface area contributed by atoms with Gasteiger partial charge < -0.3 is 10.6 Å². The summed E-state index contributed by atoms with van der Waals surface area (Å²) >= 11 is 0. The Bertz CT molecular complexity index is 185. The van der Waals surface area contributed by atoms with E-state index in [-0.39, 0.29) is 0 Å². The van der Waals surface area contributed by atoms with Gasteiger partial charge in [0.2, 0.25) is 0 Å². The molecule has 2 heteroatoms. The van der Waals surface area contributed by atoms with E-state index < -0.39 is 0 Å². The largest absolute Gasteiger partial charge is 0.315 e. The van der Waals surface area contributed by atoms with Crippen molar-refractivity contribution in [3.63, 3.8) is 0 Å². The van der Waals surface area contributed by atoms with Crippen molar-refractivity contribution in [2.24, 2.45) is 11.3 Å². The molecule has 2 N–H and O–H groups in total. The van der Waals surface area contributed by atoms with E-state index in [1.54, 1.807) is 0 Å². The van der Waals surface area contributed by atoms with Crippen LogP contribution in [-0.4, -0.2) is 25.7 Å². The van der Waals surface area contributed by atoms with Gasteiger partial charge in [-0.05, 0) is 56.5 Å². The summed E-state index contributed by atoms with van der Waals surface area (Å²) < 4.78 is 0. The molecule has 0 radical (unpaired) electrons. The number of hydrogen-bond donors (Lipinski definition) is 2. The maximum absolute atomic E-state index is 3.72. The molecule has 1 saturated heterocycles. The van der Waals surface area contributed by atoms with Crippen molar-refractivity contribution in [2.75, 3.05) is 19.6 Å². The van der Waals surface area contributed by atoms with Crippen LogP contribution >= 0.6 is 0 Å². The second-order valence-corrected chi connectivity index (χ2v) is 6.21. The number of nitrogens with one attached hydrogen (secondary N) is 2. The van der Waals surface area contributed by atoms with E-state index in [1.165, 1.54) is 51.7 Å². The topological polar surface area (TPSA) is 24.1 Å². The van der Waals surface area contributed by atoms with E-state index in [0.29, 0.717) is 5.41 Å². The Morgan fingerprint density at radius 3 is 2.53 bits per heavy atom. The van der Waals surface area contributed by atoms with Gasteiger partial charge in [0.1, 0.15) is 0 Å². The number of rotatable bonds is 3. The Balaban J connectivity index is 1.64. The van der Waals surface area contributed by atoms with Gasteiger partial charge in [-0.1, -0.05) is 13.8 Å². The van der Waals surface area contributed by atoms with Gasteiger partial charge in [-0.15, -0.1) is 0 Å². The minimum atomic E-state index is 0.616. The Morgan fingerprint density at radius 2 is 1.93 bits per heavy atom. The summed E-state index contributed by atoms with van der Waals surface area (Å²) in [5, 5.41) is 7.13. The molecule has 1 aliphatic heterocycles. The van der Waals surface area contributed by atoms with Crippen LogP contribution in [0.1, 0.15) is 46.0 Å². The molecule has 0 bridgehead atoms. The second-order valence-electron chi connectivity index (χ2n) is 6.21. The van der Waals surface area contributed by atoms with Gasteiger partial charge in [-0.2, -0.15) is 0 Å². The second kappa shape index (κ2) is 4.84. The third-order valence-corrected chi connectivity index (χ3v) is 4.21. The molecule has 1 aliphatic carbocycles. The molecule has 1 saturated carbocycles. The molecular formula is C13H26N2. The average Bonchev–Trinajstić information content (AvgIpc) is 2.69. The molecule has 2 fully saturated rings. The molecule has 88 valence electrons. The monoisotopic (exact) mass is 210 g/mol. The fraction of sp³-hybridized carbons (Fsp3) is 1.00. The van der Waals surface area contributed by atoms with E-state index >= 15 is 0 Å². The first kappa shape index (κ1) is 11.4. The third-order valence-electron chi connectivity index (χ3n) is 4.21. The van der Waals surface area contributed by atoms with E-state index in [2.05, 4.69) is 24.5 Å². The summed E-state index contributed by atoms with van der Waals surface area (Å²) in [5.41, 5.74) is 0.616. The minimum absolute atomic E-state index is 0.616. The summed E-state index contributed by atoms with van der Waals surface area (Å²) in [5.74, 6) is 0.943. The first-order valence-corrected chi connectivity index (χ1v) is 6.60. The summed E-state index contributed by atoms with van der Waals surface area (Å²) in [6, 6.07) is 0.750. The Labute approximate surface area is 94.2 Å². The van der Waals surface area contributed by atoms with Crippen molar-refractivity contribution < 1.29 is 0 Å². The lowest BCUT2D eigenvalue weighted by Crippen LogP contribution is -2.36. The van der Waals surface area contributed by atoms with Gasteiger partial charge in [0.15, 0.2) is 0 Å². The van der Waals surface area contributed by atoms with E-state index in [1.807, 2.05) is 0 Å². The summed E-state index contributed by atoms with van der Waals surface area (Å²) in [6.07, 6.45) is 7.02. The van der Waals surface area contributed by atoms with Crippen molar-refractivity contribution in [1.82, 2.24) is 10.6 Å². The minimum Gasteiger partial charge on any atom is -0.315 e. The Morgan fingerprint density at radius 1 is 1.20 bits per heavy atom. The predicted octanol–water partition coefficient (Wildman–Crippen LogP) is 2.15. The highest BCUT2D eigenvalue weighted by Crippen LogP contribution is 2.37. The molecule has 2 nitrogen and oxygen atoms in total. The average molecular weight is 210 g/mol. The van der Waals surface area contributed by atoms with Crippen LogP contribution in [0.2, 0.25) is 0 Å². The van der Waals surface area contributed by atoms with Crippen molar-refractivity contribution in [2.45, 2.75) is 52.0 Å². The molecular weight excluding hydrogens is 184 g/mol. The van der Waals surface area contributed by atoms with Crippen molar-refractivity contribution in [1.29, 1.82) is 0 Å². The lowest BCUT2D eigenvalue weighted by atomic mass is 9.73. The van der Waals surface area contributed by atoms with E-state index in [0.717, 1.165) is 12.0 Å². The first-order valence-electron chi connectivity index (χ1n) is 6.60. The third kappa shape index (κ3) is 3.46. The molecule has 0 amide bonds. The lowest BCUT2D eigenvalue weighted by Gasteiger charge is -2.34. The lowest BCUT2D eigenvalue weighted by molar-refractivity contribution is 0.186. The molecule has 2 rings (SSSR count). The van der Waals surface area contributed by atoms with Crippen LogP contribution in [0.15, 0.2) is 0 Å². The van der Waals surface area contributed by atoms with Gasteiger partial charge in [-0.3, -0.25) is 0 Å². The smallest absolute Gasteiger partial charge is 0.0204 e. The highest BCUT2D eigenvalue weighted by Gasteiger charge is 2.27. The zero-order chi connectivity index (χ0) is 10.7. The maximum atomic E-state index is 3.72. The maximum Gasteiger partial charge on any atom is 0.0204 e. The van der Waals surface area contributed by atoms with Crippen molar-refractivity contribution >= 4 is 0 Å². The quantitative estimate of drug-likeness (QED) is 0.746. The Kier molecular flexibility index (Phi) is 3.68. The summed E-state index contributed by atoms with van der Waals surface area (Å²) in [4.78, 5) is 0. The van der Waals surface area contributed by atoms with Gasteiger partial charge in [-0.25, -0.2) is 0 Å². The van der Waals surface area contributed by atoms with Crippen LogP contribution in [-0.2, 0) is 0 Å². The SMILES string of the molecule is CC1(C)CCC(CNC2CCNC2)CC1. The van der Waals surface area contributed by atoms with Gasteiger partial charge in [0.25, 0.3) is 0 Å². The fourth-order valence-electron chi connectivity index (χ4n) is 2.83. The fourth-order valence-corrected chi connectivity index (χ4v) is 2.83. The first-order chi connectivity index (χ1) is 7.16. The summed E-state index contributed by atoms with van der Waals surface area (Å²) in [7, 11) is 0. The van der Waals surface area contributed by atoms with Gasteiger partial charge in [0.05, 0.1) is 0 Å². The molecule has 1 heterocycles. The molecule has 0 aromatic heterocycles. The highest BCUT2D eigenvalue weighted by molar-refractivity contribution is 4.82. The van der Waals surface area contributed by atoms with Gasteiger partial charge in [0, 0.05) is 12.6 Å². The Hall–Kier alpha value is -0.0800. The highest BCUT2D eigenvalue weighted by atomic mass is 15.0. The van der Waals surface area contributed by atoms with Gasteiger partial charge >= 0.3 is 0 Å². The molecule has 15 heavy (non-hydrogen) atoms. The van der Waals surface area contributed by atoms with E-state index in [9.17, 15) is 0 Å². The van der Waals surface area contributed by atoms with Crippen LogP contribution in [0, 0.1) is 11.3 Å². The van der Waals surface area contributed by atoms with Crippen LogP contribution < -0.4 is 10.6 Å². The van der Waals surface area contributed by atoms with Crippen LogP contribution in [0.3, 0.4) is 0 Å².